The number of amides is 1. The van der Waals surface area contributed by atoms with Crippen molar-refractivity contribution >= 4 is 5.91 Å². The first-order valence-corrected chi connectivity index (χ1v) is 7.86. The van der Waals surface area contributed by atoms with Crippen molar-refractivity contribution in [1.82, 2.24) is 15.5 Å². The van der Waals surface area contributed by atoms with Crippen LogP contribution in [-0.2, 0) is 4.79 Å². The second-order valence-electron chi connectivity index (χ2n) is 6.68. The van der Waals surface area contributed by atoms with Gasteiger partial charge >= 0.3 is 0 Å². The minimum Gasteiger partial charge on any atom is -0.337 e. The second-order valence-corrected chi connectivity index (χ2v) is 6.68. The molecule has 2 saturated heterocycles. The van der Waals surface area contributed by atoms with E-state index in [-0.39, 0.29) is 5.91 Å². The van der Waals surface area contributed by atoms with Crippen LogP contribution in [0.15, 0.2) is 0 Å². The third-order valence-electron chi connectivity index (χ3n) is 5.13. The van der Waals surface area contributed by atoms with Crippen molar-refractivity contribution in [2.24, 2.45) is 11.8 Å². The number of hydrogen-bond acceptors (Lipinski definition) is 4. The van der Waals surface area contributed by atoms with Gasteiger partial charge in [0.25, 0.3) is 0 Å². The molecule has 1 aliphatic carbocycles. The Balaban J connectivity index is 1.51. The number of carbonyl (C=O) groups excluding carboxylic acids is 1. The molecule has 20 heavy (non-hydrogen) atoms. The molecule has 0 radical (unpaired) electrons. The Kier molecular flexibility index (Phi) is 3.95. The number of nitrogens with one attached hydrogen (secondary N) is 2. The van der Waals surface area contributed by atoms with Gasteiger partial charge in [0, 0.05) is 13.1 Å². The van der Waals surface area contributed by atoms with Gasteiger partial charge in [-0.1, -0.05) is 19.3 Å². The summed E-state index contributed by atoms with van der Waals surface area (Å²) in [6.45, 7) is 4.67. The van der Waals surface area contributed by atoms with Crippen molar-refractivity contribution < 1.29 is 4.79 Å². The first-order valence-electron chi connectivity index (χ1n) is 7.86. The predicted octanol–water partition coefficient (Wildman–Crippen LogP) is 0.480. The first-order chi connectivity index (χ1) is 9.71. The molecule has 0 aromatic carbocycles. The maximum absolute atomic E-state index is 12.2. The molecule has 2 aliphatic heterocycles. The molecular formula is C15H24N4O. The maximum Gasteiger partial charge on any atom is 0.235 e. The van der Waals surface area contributed by atoms with E-state index < -0.39 is 5.54 Å². The summed E-state index contributed by atoms with van der Waals surface area (Å²) in [7, 11) is 0. The fourth-order valence-electron chi connectivity index (χ4n) is 4.01. The Morgan fingerprint density at radius 2 is 1.90 bits per heavy atom. The number of nitriles is 1. The largest absolute Gasteiger partial charge is 0.337 e. The number of nitrogens with zero attached hydrogens (tertiary/aromatic N) is 2. The molecule has 3 rings (SSSR count). The zero-order valence-electron chi connectivity index (χ0n) is 12.0. The van der Waals surface area contributed by atoms with Crippen molar-refractivity contribution in [3.8, 4) is 6.07 Å². The third kappa shape index (κ3) is 2.82. The van der Waals surface area contributed by atoms with Crippen LogP contribution in [-0.4, -0.2) is 49.1 Å². The van der Waals surface area contributed by atoms with Gasteiger partial charge in [-0.25, -0.2) is 0 Å². The summed E-state index contributed by atoms with van der Waals surface area (Å²) in [4.78, 5) is 14.5. The maximum atomic E-state index is 12.2. The summed E-state index contributed by atoms with van der Waals surface area (Å²) in [5, 5.41) is 15.8. The molecule has 0 aromatic rings. The van der Waals surface area contributed by atoms with Crippen LogP contribution in [0.25, 0.3) is 0 Å². The Hall–Kier alpha value is -1.12. The molecular weight excluding hydrogens is 252 g/mol. The highest BCUT2D eigenvalue weighted by molar-refractivity contribution is 5.79. The van der Waals surface area contributed by atoms with E-state index in [1.54, 1.807) is 0 Å². The highest BCUT2D eigenvalue weighted by Gasteiger charge is 2.38. The normalized spacial score (nSPS) is 32.5. The minimum absolute atomic E-state index is 0.0291. The molecule has 0 unspecified atom stereocenters. The van der Waals surface area contributed by atoms with E-state index in [1.807, 2.05) is 0 Å². The number of carbonyl (C=O) groups is 1. The molecule has 0 aromatic heterocycles. The van der Waals surface area contributed by atoms with Gasteiger partial charge in [0.1, 0.15) is 5.54 Å². The summed E-state index contributed by atoms with van der Waals surface area (Å²) in [5.74, 6) is 1.45. The quantitative estimate of drug-likeness (QED) is 0.787. The first kappa shape index (κ1) is 13.8. The fourth-order valence-corrected chi connectivity index (χ4v) is 4.01. The van der Waals surface area contributed by atoms with Crippen LogP contribution in [0.3, 0.4) is 0 Å². The minimum atomic E-state index is -0.591. The topological polar surface area (TPSA) is 68.2 Å². The summed E-state index contributed by atoms with van der Waals surface area (Å²) < 4.78 is 0. The van der Waals surface area contributed by atoms with Crippen LogP contribution in [0.2, 0.25) is 0 Å². The van der Waals surface area contributed by atoms with Crippen molar-refractivity contribution in [3.05, 3.63) is 0 Å². The van der Waals surface area contributed by atoms with E-state index in [0.717, 1.165) is 51.9 Å². The molecule has 3 aliphatic rings. The van der Waals surface area contributed by atoms with E-state index in [4.69, 9.17) is 0 Å². The lowest BCUT2D eigenvalue weighted by molar-refractivity contribution is -0.123. The van der Waals surface area contributed by atoms with Gasteiger partial charge in [-0.2, -0.15) is 5.26 Å². The van der Waals surface area contributed by atoms with Crippen LogP contribution < -0.4 is 10.6 Å². The summed E-state index contributed by atoms with van der Waals surface area (Å²) in [6.07, 6.45) is 4.90. The van der Waals surface area contributed by atoms with Gasteiger partial charge in [-0.3, -0.25) is 9.69 Å². The third-order valence-corrected chi connectivity index (χ3v) is 5.13. The Morgan fingerprint density at radius 1 is 1.25 bits per heavy atom. The summed E-state index contributed by atoms with van der Waals surface area (Å²) >= 11 is 0. The van der Waals surface area contributed by atoms with Crippen molar-refractivity contribution in [2.45, 2.75) is 37.6 Å². The van der Waals surface area contributed by atoms with Gasteiger partial charge in [0.05, 0.1) is 12.6 Å². The standard InChI is InChI=1S/C15H24N4O/c16-11-15(4-2-1-3-5-15)18-14(20)10-19-8-12-6-17-7-13(12)9-19/h12-13,17H,1-10H2,(H,18,20)/t12-,13+. The molecule has 5 heteroatoms. The number of fused-ring (bicyclic) bond motifs is 1. The lowest BCUT2D eigenvalue weighted by Gasteiger charge is -2.32. The average Bonchev–Trinajstić information content (AvgIpc) is 3.00. The van der Waals surface area contributed by atoms with E-state index >= 15 is 0 Å². The van der Waals surface area contributed by atoms with Crippen LogP contribution in [0.1, 0.15) is 32.1 Å². The zero-order valence-corrected chi connectivity index (χ0v) is 12.0. The van der Waals surface area contributed by atoms with Crippen LogP contribution in [0.4, 0.5) is 0 Å². The molecule has 3 fully saturated rings. The Labute approximate surface area is 120 Å². The molecule has 1 saturated carbocycles. The molecule has 5 nitrogen and oxygen atoms in total. The summed E-state index contributed by atoms with van der Waals surface area (Å²) in [5.41, 5.74) is -0.591. The van der Waals surface area contributed by atoms with Crippen molar-refractivity contribution in [3.63, 3.8) is 0 Å². The van der Waals surface area contributed by atoms with Gasteiger partial charge in [-0.15, -0.1) is 0 Å². The van der Waals surface area contributed by atoms with E-state index in [0.29, 0.717) is 18.4 Å². The molecule has 2 atom stereocenters. The van der Waals surface area contributed by atoms with Crippen LogP contribution in [0.5, 0.6) is 0 Å². The van der Waals surface area contributed by atoms with Crippen molar-refractivity contribution in [2.75, 3.05) is 32.7 Å². The average molecular weight is 276 g/mol. The monoisotopic (exact) mass is 276 g/mol. The lowest BCUT2D eigenvalue weighted by atomic mass is 9.83. The fraction of sp³-hybridized carbons (Fsp3) is 0.867. The van der Waals surface area contributed by atoms with E-state index in [1.165, 1.54) is 6.42 Å². The Morgan fingerprint density at radius 3 is 2.50 bits per heavy atom. The second kappa shape index (κ2) is 5.71. The van der Waals surface area contributed by atoms with Gasteiger partial charge in [0.2, 0.25) is 5.91 Å². The van der Waals surface area contributed by atoms with E-state index in [2.05, 4.69) is 21.6 Å². The lowest BCUT2D eigenvalue weighted by Crippen LogP contribution is -2.51. The zero-order chi connectivity index (χ0) is 14.0. The molecule has 2 heterocycles. The highest BCUT2D eigenvalue weighted by atomic mass is 16.2. The summed E-state index contributed by atoms with van der Waals surface area (Å²) in [6, 6.07) is 2.35. The van der Waals surface area contributed by atoms with E-state index in [9.17, 15) is 10.1 Å². The van der Waals surface area contributed by atoms with Gasteiger partial charge < -0.3 is 10.6 Å². The number of likely N-dealkylation sites (tertiary alicyclic amines) is 1. The smallest absolute Gasteiger partial charge is 0.235 e. The SMILES string of the molecule is N#CC1(NC(=O)CN2C[C@H]3CNC[C@H]3C2)CCCCC1. The molecule has 0 spiro atoms. The van der Waals surface area contributed by atoms with Crippen LogP contribution in [0, 0.1) is 23.2 Å². The van der Waals surface area contributed by atoms with Crippen molar-refractivity contribution in [1.29, 1.82) is 5.26 Å². The predicted molar refractivity (Wildman–Crippen MR) is 75.9 cm³/mol. The molecule has 0 bridgehead atoms. The highest BCUT2D eigenvalue weighted by Crippen LogP contribution is 2.28. The van der Waals surface area contributed by atoms with Gasteiger partial charge in [-0.05, 0) is 37.8 Å². The van der Waals surface area contributed by atoms with Gasteiger partial charge in [0.15, 0.2) is 0 Å². The molecule has 2 N–H and O–H groups in total. The molecule has 110 valence electrons. The molecule has 1 amide bonds. The number of rotatable bonds is 3. The Bertz CT molecular complexity index is 399. The van der Waals surface area contributed by atoms with Crippen LogP contribution >= 0.6 is 0 Å². The number of hydrogen-bond donors (Lipinski definition) is 2.